The van der Waals surface area contributed by atoms with Gasteiger partial charge in [-0.1, -0.05) is 37.3 Å². The zero-order valence-electron chi connectivity index (χ0n) is 19.8. The van der Waals surface area contributed by atoms with Crippen LogP contribution in [0.5, 0.6) is 5.75 Å². The lowest BCUT2D eigenvalue weighted by Crippen LogP contribution is -2.36. The van der Waals surface area contributed by atoms with Crippen LogP contribution in [0.15, 0.2) is 65.5 Å². The quantitative estimate of drug-likeness (QED) is 0.425. The van der Waals surface area contributed by atoms with E-state index in [9.17, 15) is 9.18 Å². The van der Waals surface area contributed by atoms with Crippen molar-refractivity contribution in [1.29, 1.82) is 0 Å². The minimum Gasteiger partial charge on any atom is -0.488 e. The van der Waals surface area contributed by atoms with Gasteiger partial charge in [-0.05, 0) is 72.0 Å². The summed E-state index contributed by atoms with van der Waals surface area (Å²) in [4.78, 5) is 18.4. The molecule has 2 aliphatic heterocycles. The molecular formula is C29H28FN3O2. The number of piperidine rings is 1. The highest BCUT2D eigenvalue weighted by Crippen LogP contribution is 2.38. The molecule has 0 atom stereocenters. The molecule has 0 unspecified atom stereocenters. The number of benzene rings is 3. The van der Waals surface area contributed by atoms with E-state index in [0.717, 1.165) is 71.3 Å². The SMILES string of the molecule is CCN1CCC(n2c(=O)[nH]c3cc(C=C4c5ccccc5COc5cc(F)ccc54)ccc32)CC1. The van der Waals surface area contributed by atoms with Gasteiger partial charge in [-0.15, -0.1) is 0 Å². The molecule has 1 fully saturated rings. The maximum absolute atomic E-state index is 14.0. The summed E-state index contributed by atoms with van der Waals surface area (Å²) in [7, 11) is 0. The molecule has 35 heavy (non-hydrogen) atoms. The largest absolute Gasteiger partial charge is 0.488 e. The van der Waals surface area contributed by atoms with Crippen molar-refractivity contribution < 1.29 is 9.13 Å². The van der Waals surface area contributed by atoms with Crippen molar-refractivity contribution in [3.8, 4) is 5.75 Å². The molecule has 3 aromatic carbocycles. The second-order valence-corrected chi connectivity index (χ2v) is 9.39. The van der Waals surface area contributed by atoms with Gasteiger partial charge in [-0.2, -0.15) is 0 Å². The minimum atomic E-state index is -0.320. The highest BCUT2D eigenvalue weighted by Gasteiger charge is 2.23. The number of ether oxygens (including phenoxy) is 1. The maximum Gasteiger partial charge on any atom is 0.326 e. The first-order chi connectivity index (χ1) is 17.1. The predicted molar refractivity (Wildman–Crippen MR) is 137 cm³/mol. The van der Waals surface area contributed by atoms with Crippen LogP contribution in [-0.2, 0) is 6.61 Å². The highest BCUT2D eigenvalue weighted by atomic mass is 19.1. The number of hydrogen-bond acceptors (Lipinski definition) is 3. The zero-order chi connectivity index (χ0) is 23.9. The molecule has 0 aliphatic carbocycles. The molecular weight excluding hydrogens is 441 g/mol. The summed E-state index contributed by atoms with van der Waals surface area (Å²) in [6, 6.07) is 19.1. The van der Waals surface area contributed by atoms with E-state index < -0.39 is 0 Å². The molecule has 1 saturated heterocycles. The number of imidazole rings is 1. The molecule has 2 aliphatic rings. The van der Waals surface area contributed by atoms with Gasteiger partial charge in [0.15, 0.2) is 0 Å². The Morgan fingerprint density at radius 2 is 1.89 bits per heavy atom. The molecule has 5 nitrogen and oxygen atoms in total. The predicted octanol–water partition coefficient (Wildman–Crippen LogP) is 5.61. The number of nitrogens with zero attached hydrogens (tertiary/aromatic N) is 2. The molecule has 178 valence electrons. The Hall–Kier alpha value is -3.64. The number of rotatable bonds is 3. The van der Waals surface area contributed by atoms with Crippen LogP contribution in [0.1, 0.15) is 48.1 Å². The number of likely N-dealkylation sites (tertiary alicyclic amines) is 1. The Balaban J connectivity index is 1.43. The lowest BCUT2D eigenvalue weighted by Gasteiger charge is -2.31. The lowest BCUT2D eigenvalue weighted by atomic mass is 9.92. The van der Waals surface area contributed by atoms with Crippen molar-refractivity contribution in [2.45, 2.75) is 32.4 Å². The van der Waals surface area contributed by atoms with Gasteiger partial charge in [0, 0.05) is 30.8 Å². The standard InChI is InChI=1S/C29H28FN3O2/c1-2-32-13-11-22(12-14-32)33-27-10-7-19(16-26(27)31-29(33)34)15-25-23-6-4-3-5-20(23)18-35-28-17-21(30)8-9-24(25)28/h3-10,15-17,22H,2,11-14,18H2,1H3,(H,31,34). The number of aromatic nitrogens is 2. The average Bonchev–Trinajstić information content (AvgIpc) is 3.13. The maximum atomic E-state index is 14.0. The first-order valence-electron chi connectivity index (χ1n) is 12.3. The van der Waals surface area contributed by atoms with E-state index in [1.165, 1.54) is 12.1 Å². The zero-order valence-corrected chi connectivity index (χ0v) is 19.8. The third-order valence-corrected chi connectivity index (χ3v) is 7.35. The van der Waals surface area contributed by atoms with Crippen LogP contribution in [-0.4, -0.2) is 34.1 Å². The topological polar surface area (TPSA) is 50.3 Å². The van der Waals surface area contributed by atoms with E-state index >= 15 is 0 Å². The Bertz CT molecular complexity index is 1490. The second kappa shape index (κ2) is 8.86. The van der Waals surface area contributed by atoms with Gasteiger partial charge in [0.05, 0.1) is 11.0 Å². The van der Waals surface area contributed by atoms with Gasteiger partial charge in [-0.25, -0.2) is 9.18 Å². The number of nitrogens with one attached hydrogen (secondary N) is 1. The number of fused-ring (bicyclic) bond motifs is 3. The van der Waals surface area contributed by atoms with Crippen LogP contribution in [0.4, 0.5) is 4.39 Å². The number of hydrogen-bond donors (Lipinski definition) is 1. The normalized spacial score (nSPS) is 17.7. The average molecular weight is 470 g/mol. The van der Waals surface area contributed by atoms with Crippen LogP contribution >= 0.6 is 0 Å². The monoisotopic (exact) mass is 469 g/mol. The number of aromatic amines is 1. The Morgan fingerprint density at radius 1 is 1.06 bits per heavy atom. The fraction of sp³-hybridized carbons (Fsp3) is 0.276. The van der Waals surface area contributed by atoms with Gasteiger partial charge in [-0.3, -0.25) is 4.57 Å². The van der Waals surface area contributed by atoms with Crippen molar-refractivity contribution >= 4 is 22.7 Å². The Kier molecular flexibility index (Phi) is 5.53. The minimum absolute atomic E-state index is 0.0474. The Morgan fingerprint density at radius 3 is 2.71 bits per heavy atom. The van der Waals surface area contributed by atoms with Crippen LogP contribution in [0.25, 0.3) is 22.7 Å². The molecule has 0 saturated carbocycles. The van der Waals surface area contributed by atoms with Gasteiger partial charge in [0.2, 0.25) is 0 Å². The van der Waals surface area contributed by atoms with Gasteiger partial charge in [0.1, 0.15) is 18.2 Å². The fourth-order valence-corrected chi connectivity index (χ4v) is 5.46. The van der Waals surface area contributed by atoms with Crippen molar-refractivity contribution in [1.82, 2.24) is 14.5 Å². The molecule has 0 amide bonds. The van der Waals surface area contributed by atoms with Crippen LogP contribution in [0, 0.1) is 5.82 Å². The molecule has 0 radical (unpaired) electrons. The summed E-state index contributed by atoms with van der Waals surface area (Å²) >= 11 is 0. The Labute approximate surface area is 203 Å². The van der Waals surface area contributed by atoms with Crippen LogP contribution in [0.3, 0.4) is 0 Å². The molecule has 4 aromatic rings. The van der Waals surface area contributed by atoms with E-state index in [1.807, 2.05) is 34.9 Å². The van der Waals surface area contributed by atoms with E-state index in [0.29, 0.717) is 12.4 Å². The van der Waals surface area contributed by atoms with Crippen molar-refractivity contribution in [3.05, 3.63) is 99.2 Å². The number of H-pyrrole nitrogens is 1. The molecule has 6 rings (SSSR count). The third kappa shape index (κ3) is 3.98. The van der Waals surface area contributed by atoms with Gasteiger partial charge < -0.3 is 14.6 Å². The first kappa shape index (κ1) is 21.9. The summed E-state index contributed by atoms with van der Waals surface area (Å²) < 4.78 is 21.9. The summed E-state index contributed by atoms with van der Waals surface area (Å²) in [6.07, 6.45) is 4.06. The lowest BCUT2D eigenvalue weighted by molar-refractivity contribution is 0.195. The third-order valence-electron chi connectivity index (χ3n) is 7.35. The highest BCUT2D eigenvalue weighted by molar-refractivity contribution is 5.95. The molecule has 0 bridgehead atoms. The summed E-state index contributed by atoms with van der Waals surface area (Å²) in [5.41, 5.74) is 6.63. The number of halogens is 1. The smallest absolute Gasteiger partial charge is 0.326 e. The van der Waals surface area contributed by atoms with E-state index in [4.69, 9.17) is 4.74 Å². The molecule has 1 aromatic heterocycles. The van der Waals surface area contributed by atoms with E-state index in [1.54, 1.807) is 6.07 Å². The van der Waals surface area contributed by atoms with E-state index in [-0.39, 0.29) is 17.5 Å². The van der Waals surface area contributed by atoms with Crippen molar-refractivity contribution in [2.24, 2.45) is 0 Å². The molecule has 0 spiro atoms. The molecule has 1 N–H and O–H groups in total. The summed E-state index contributed by atoms with van der Waals surface area (Å²) in [5, 5.41) is 0. The first-order valence-corrected chi connectivity index (χ1v) is 12.3. The summed E-state index contributed by atoms with van der Waals surface area (Å²) in [6.45, 7) is 5.66. The van der Waals surface area contributed by atoms with Gasteiger partial charge >= 0.3 is 5.69 Å². The van der Waals surface area contributed by atoms with Crippen LogP contribution < -0.4 is 10.4 Å². The summed E-state index contributed by atoms with van der Waals surface area (Å²) in [5.74, 6) is 0.214. The molecule has 6 heteroatoms. The van der Waals surface area contributed by atoms with Crippen molar-refractivity contribution in [3.63, 3.8) is 0 Å². The fourth-order valence-electron chi connectivity index (χ4n) is 5.46. The molecule has 3 heterocycles. The second-order valence-electron chi connectivity index (χ2n) is 9.39. The van der Waals surface area contributed by atoms with Crippen molar-refractivity contribution in [2.75, 3.05) is 19.6 Å². The van der Waals surface area contributed by atoms with Gasteiger partial charge in [0.25, 0.3) is 0 Å². The van der Waals surface area contributed by atoms with Crippen LogP contribution in [0.2, 0.25) is 0 Å². The van der Waals surface area contributed by atoms with E-state index in [2.05, 4.69) is 35.0 Å².